The van der Waals surface area contributed by atoms with Crippen molar-refractivity contribution in [2.24, 2.45) is 5.73 Å². The molecular formula is C27H39N3O8. The van der Waals surface area contributed by atoms with Gasteiger partial charge in [0.05, 0.1) is 30.0 Å². The number of hydrogen-bond acceptors (Lipinski definition) is 10. The van der Waals surface area contributed by atoms with Crippen LogP contribution in [0.5, 0.6) is 0 Å². The molecule has 1 aromatic rings. The maximum atomic E-state index is 12.6. The largest absolute Gasteiger partial charge is 0.513 e. The second-order valence-corrected chi connectivity index (χ2v) is 9.12. The molecule has 1 atom stereocenters. The molecule has 11 heteroatoms. The van der Waals surface area contributed by atoms with E-state index >= 15 is 0 Å². The smallest absolute Gasteiger partial charge is 0.437 e. The van der Waals surface area contributed by atoms with Crippen LogP contribution in [0.3, 0.4) is 0 Å². The summed E-state index contributed by atoms with van der Waals surface area (Å²) in [7, 11) is 1.16. The minimum absolute atomic E-state index is 0.0915. The van der Waals surface area contributed by atoms with Crippen molar-refractivity contribution in [2.75, 3.05) is 20.3 Å². The van der Waals surface area contributed by atoms with Crippen LogP contribution in [0.25, 0.3) is 0 Å². The van der Waals surface area contributed by atoms with Crippen molar-refractivity contribution in [1.82, 2.24) is 5.32 Å². The molecule has 38 heavy (non-hydrogen) atoms. The van der Waals surface area contributed by atoms with E-state index in [9.17, 15) is 19.7 Å². The lowest BCUT2D eigenvalue weighted by Crippen LogP contribution is -2.29. The van der Waals surface area contributed by atoms with Crippen molar-refractivity contribution < 1.29 is 33.5 Å². The quantitative estimate of drug-likeness (QED) is 0.116. The van der Waals surface area contributed by atoms with Gasteiger partial charge in [-0.25, -0.2) is 9.59 Å². The molecule has 0 fully saturated rings. The highest BCUT2D eigenvalue weighted by Gasteiger charge is 2.36. The maximum absolute atomic E-state index is 12.6. The molecule has 2 rings (SSSR count). The second kappa shape index (κ2) is 16.3. The van der Waals surface area contributed by atoms with Gasteiger partial charge in [0.1, 0.15) is 17.4 Å². The van der Waals surface area contributed by atoms with Crippen LogP contribution in [-0.2, 0) is 18.9 Å². The van der Waals surface area contributed by atoms with E-state index in [0.717, 1.165) is 39.3 Å². The summed E-state index contributed by atoms with van der Waals surface area (Å²) in [6, 6.07) is 5.81. The Morgan fingerprint density at radius 2 is 1.47 bits per heavy atom. The minimum Gasteiger partial charge on any atom is -0.437 e. The Hall–Kier alpha value is -3.60. The molecule has 1 heterocycles. The van der Waals surface area contributed by atoms with Crippen LogP contribution in [-0.4, -0.2) is 37.5 Å². The van der Waals surface area contributed by atoms with Gasteiger partial charge in [0.25, 0.3) is 5.69 Å². The monoisotopic (exact) mass is 533 g/mol. The first-order valence-corrected chi connectivity index (χ1v) is 13.0. The number of nitro groups is 1. The highest BCUT2D eigenvalue weighted by Crippen LogP contribution is 2.40. The van der Waals surface area contributed by atoms with Crippen LogP contribution in [0.1, 0.15) is 83.1 Å². The summed E-state index contributed by atoms with van der Waals surface area (Å²) in [6.07, 6.45) is 7.87. The molecule has 11 nitrogen and oxygen atoms in total. The Kier molecular flexibility index (Phi) is 13.1. The van der Waals surface area contributed by atoms with Crippen LogP contribution in [0.2, 0.25) is 0 Å². The van der Waals surface area contributed by atoms with Crippen molar-refractivity contribution in [2.45, 2.75) is 77.6 Å². The van der Waals surface area contributed by atoms with E-state index in [1.54, 1.807) is 19.9 Å². The van der Waals surface area contributed by atoms with Crippen molar-refractivity contribution >= 4 is 18.0 Å². The topological polar surface area (TPSA) is 152 Å². The van der Waals surface area contributed by atoms with Gasteiger partial charge >= 0.3 is 12.3 Å². The van der Waals surface area contributed by atoms with E-state index < -0.39 is 23.2 Å². The Balaban J connectivity index is 2.00. The van der Waals surface area contributed by atoms with Gasteiger partial charge < -0.3 is 30.0 Å². The molecule has 0 saturated heterocycles. The Morgan fingerprint density at radius 3 is 2.03 bits per heavy atom. The highest BCUT2D eigenvalue weighted by molar-refractivity contribution is 5.65. The van der Waals surface area contributed by atoms with E-state index in [4.69, 9.17) is 19.9 Å². The van der Waals surface area contributed by atoms with Crippen molar-refractivity contribution in [1.29, 1.82) is 0 Å². The predicted molar refractivity (Wildman–Crippen MR) is 141 cm³/mol. The molecule has 0 saturated carbocycles. The van der Waals surface area contributed by atoms with Crippen molar-refractivity contribution in [3.8, 4) is 0 Å². The number of hydrogen-bond donors (Lipinski definition) is 2. The lowest BCUT2D eigenvalue weighted by atomic mass is 9.90. The lowest BCUT2D eigenvalue weighted by molar-refractivity contribution is -0.384. The van der Waals surface area contributed by atoms with E-state index in [1.165, 1.54) is 43.9 Å². The molecule has 0 aliphatic carbocycles. The van der Waals surface area contributed by atoms with Gasteiger partial charge in [-0.05, 0) is 38.8 Å². The van der Waals surface area contributed by atoms with Gasteiger partial charge in [-0.3, -0.25) is 10.1 Å². The van der Waals surface area contributed by atoms with Crippen LogP contribution in [0, 0.1) is 10.1 Å². The summed E-state index contributed by atoms with van der Waals surface area (Å²) >= 11 is 0. The molecule has 3 N–H and O–H groups in total. The number of methoxy groups -OCH3 is 1. The molecule has 0 spiro atoms. The number of allylic oxidation sites excluding steroid dienone is 2. The number of non-ortho nitro benzene ring substituents is 1. The van der Waals surface area contributed by atoms with Gasteiger partial charge in [0.2, 0.25) is 0 Å². The van der Waals surface area contributed by atoms with Gasteiger partial charge in [-0.2, -0.15) is 0 Å². The average molecular weight is 534 g/mol. The first kappa shape index (κ1) is 30.6. The van der Waals surface area contributed by atoms with Crippen LogP contribution in [0.15, 0.2) is 47.2 Å². The number of rotatable bonds is 15. The first-order valence-electron chi connectivity index (χ1n) is 13.0. The first-order chi connectivity index (χ1) is 18.3. The molecular weight excluding hydrogens is 494 g/mol. The zero-order valence-corrected chi connectivity index (χ0v) is 22.5. The van der Waals surface area contributed by atoms with Gasteiger partial charge in [-0.15, -0.1) is 0 Å². The van der Waals surface area contributed by atoms with Gasteiger partial charge in [0, 0.05) is 12.1 Å². The highest BCUT2D eigenvalue weighted by atomic mass is 16.7. The summed E-state index contributed by atoms with van der Waals surface area (Å²) in [5.41, 5.74) is 6.67. The van der Waals surface area contributed by atoms with Crippen LogP contribution in [0.4, 0.5) is 15.3 Å². The number of unbranched alkanes of at least 4 members (excludes halogenated alkanes) is 8. The fourth-order valence-corrected chi connectivity index (χ4v) is 4.24. The van der Waals surface area contributed by atoms with E-state index in [1.807, 2.05) is 0 Å². The predicted octanol–water partition coefficient (Wildman–Crippen LogP) is 6.15. The van der Waals surface area contributed by atoms with Crippen molar-refractivity contribution in [3.63, 3.8) is 0 Å². The Labute approximate surface area is 223 Å². The summed E-state index contributed by atoms with van der Waals surface area (Å²) in [6.45, 7) is 4.31. The fraction of sp³-hybridized carbons (Fsp3) is 0.556. The van der Waals surface area contributed by atoms with E-state index in [0.29, 0.717) is 23.4 Å². The molecule has 1 aromatic carbocycles. The van der Waals surface area contributed by atoms with Crippen LogP contribution >= 0.6 is 0 Å². The van der Waals surface area contributed by atoms with Crippen LogP contribution < -0.4 is 11.1 Å². The number of nitro benzene ring substituents is 1. The molecule has 210 valence electrons. The number of carbonyl (C=O) groups is 2. The van der Waals surface area contributed by atoms with Crippen molar-refractivity contribution in [3.05, 3.63) is 62.9 Å². The molecule has 1 unspecified atom stereocenters. The summed E-state index contributed by atoms with van der Waals surface area (Å²) in [4.78, 5) is 35.3. The third kappa shape index (κ3) is 9.70. The number of ether oxygens (including phenoxy) is 4. The SMILES string of the molecule is COC(=O)OC1=C(C)NC(C)=C(OC(=O)OCCCCCCCCCCCN)C1c1cccc([N+](=O)[O-])c1. The fourth-order valence-electron chi connectivity index (χ4n) is 4.24. The average Bonchev–Trinajstić information content (AvgIpc) is 2.89. The number of benzene rings is 1. The Morgan fingerprint density at radius 1 is 0.921 bits per heavy atom. The molecule has 1 aliphatic heterocycles. The number of nitrogens with zero attached hydrogens (tertiary/aromatic N) is 1. The standard InChI is InChI=1S/C27H39N3O8/c1-19-24(37-26(31)35-3)23(21-14-13-15-22(18-21)30(33)34)25(20(2)29-19)38-27(32)36-17-12-10-8-6-4-5-7-9-11-16-28/h13-15,18,23,29H,4-12,16-17,28H2,1-3H3. The Bertz CT molecular complexity index is 1020. The summed E-state index contributed by atoms with van der Waals surface area (Å²) in [5.74, 6) is -0.726. The maximum Gasteiger partial charge on any atom is 0.513 e. The zero-order valence-electron chi connectivity index (χ0n) is 22.5. The normalized spacial score (nSPS) is 15.1. The number of nitrogens with two attached hydrogens (primary N) is 1. The zero-order chi connectivity index (χ0) is 27.9. The summed E-state index contributed by atoms with van der Waals surface area (Å²) in [5, 5.41) is 14.4. The number of carbonyl (C=O) groups excluding carboxylic acids is 2. The third-order valence-electron chi connectivity index (χ3n) is 6.17. The van der Waals surface area contributed by atoms with Gasteiger partial charge in [0.15, 0.2) is 0 Å². The third-order valence-corrected chi connectivity index (χ3v) is 6.17. The number of nitrogens with one attached hydrogen (secondary N) is 1. The molecule has 0 bridgehead atoms. The summed E-state index contributed by atoms with van der Waals surface area (Å²) < 4.78 is 20.8. The molecule has 0 radical (unpaired) electrons. The molecule has 0 aromatic heterocycles. The number of dihydropyridines is 1. The minimum atomic E-state index is -0.978. The van der Waals surface area contributed by atoms with Gasteiger partial charge in [-0.1, -0.05) is 57.1 Å². The lowest BCUT2D eigenvalue weighted by Gasteiger charge is -2.30. The molecule has 0 amide bonds. The molecule has 1 aliphatic rings. The van der Waals surface area contributed by atoms with E-state index in [-0.39, 0.29) is 23.8 Å². The second-order valence-electron chi connectivity index (χ2n) is 9.12. The van der Waals surface area contributed by atoms with E-state index in [2.05, 4.69) is 10.1 Å².